The first-order valence-corrected chi connectivity index (χ1v) is 10.0. The van der Waals surface area contributed by atoms with E-state index in [0.717, 1.165) is 5.56 Å². The van der Waals surface area contributed by atoms with Crippen LogP contribution in [-0.4, -0.2) is 14.5 Å². The maximum atomic E-state index is 14.6. The van der Waals surface area contributed by atoms with Crippen molar-refractivity contribution in [2.45, 2.75) is 5.75 Å². The molecule has 146 valence electrons. The van der Waals surface area contributed by atoms with E-state index in [1.165, 1.54) is 12.1 Å². The van der Waals surface area contributed by atoms with Crippen LogP contribution in [0.1, 0.15) is 5.56 Å². The third-order valence-electron chi connectivity index (χ3n) is 4.33. The Morgan fingerprint density at radius 3 is 2.41 bits per heavy atom. The highest BCUT2D eigenvalue weighted by atomic mass is 32.2. The topological polar surface area (TPSA) is 86.9 Å². The maximum Gasteiger partial charge on any atom is 0.220 e. The molecule has 29 heavy (non-hydrogen) atoms. The molecule has 0 saturated carbocycles. The molecule has 3 aromatic carbocycles. The number of nitrogens with two attached hydrogens (primary N) is 1. The maximum absolute atomic E-state index is 14.6. The van der Waals surface area contributed by atoms with Crippen LogP contribution in [0.25, 0.3) is 22.0 Å². The number of aromatic nitrogens is 2. The van der Waals surface area contributed by atoms with Crippen LogP contribution in [0.15, 0.2) is 66.9 Å². The lowest BCUT2D eigenvalue weighted by molar-refractivity contribution is 0.583. The molecular weight excluding hydrogens is 394 g/mol. The van der Waals surface area contributed by atoms with E-state index in [4.69, 9.17) is 5.73 Å². The van der Waals surface area contributed by atoms with E-state index in [9.17, 15) is 13.3 Å². The van der Waals surface area contributed by atoms with Crippen LogP contribution >= 0.6 is 0 Å². The van der Waals surface area contributed by atoms with Gasteiger partial charge in [0.25, 0.3) is 0 Å². The van der Waals surface area contributed by atoms with Crippen LogP contribution in [-0.2, 0) is 17.1 Å². The minimum Gasteiger partial charge on any atom is -0.593 e. The summed E-state index contributed by atoms with van der Waals surface area (Å²) >= 11 is -1.67. The Morgan fingerprint density at radius 2 is 1.69 bits per heavy atom. The van der Waals surface area contributed by atoms with Crippen molar-refractivity contribution in [1.29, 1.82) is 0 Å². The minimum absolute atomic E-state index is 0.134. The number of hydrogen-bond donors (Lipinski definition) is 2. The molecule has 4 rings (SSSR count). The molecule has 0 bridgehead atoms. The fourth-order valence-corrected chi connectivity index (χ4v) is 3.93. The second kappa shape index (κ2) is 8.02. The van der Waals surface area contributed by atoms with E-state index in [2.05, 4.69) is 14.7 Å². The second-order valence-electron chi connectivity index (χ2n) is 6.39. The Balaban J connectivity index is 1.59. The third kappa shape index (κ3) is 4.28. The zero-order valence-electron chi connectivity index (χ0n) is 15.1. The number of nitrogen functional groups attached to an aromatic ring is 1. The first-order valence-electron chi connectivity index (χ1n) is 8.70. The van der Waals surface area contributed by atoms with Gasteiger partial charge < -0.3 is 10.3 Å². The molecular formula is C21H16F2N4OS. The summed E-state index contributed by atoms with van der Waals surface area (Å²) in [5.74, 6) is -1.36. The molecule has 0 spiro atoms. The van der Waals surface area contributed by atoms with E-state index in [1.807, 2.05) is 18.2 Å². The Morgan fingerprint density at radius 1 is 0.966 bits per heavy atom. The van der Waals surface area contributed by atoms with Crippen LogP contribution in [0.5, 0.6) is 0 Å². The van der Waals surface area contributed by atoms with Gasteiger partial charge in [-0.25, -0.2) is 23.5 Å². The number of nitrogens with one attached hydrogen (secondary N) is 1. The number of nitrogens with zero attached hydrogens (tertiary/aromatic N) is 2. The Labute approximate surface area is 168 Å². The zero-order valence-corrected chi connectivity index (χ0v) is 15.9. The molecule has 0 saturated heterocycles. The van der Waals surface area contributed by atoms with Crippen molar-refractivity contribution in [2.24, 2.45) is 0 Å². The van der Waals surface area contributed by atoms with Gasteiger partial charge in [-0.3, -0.25) is 0 Å². The third-order valence-corrected chi connectivity index (χ3v) is 5.36. The largest absolute Gasteiger partial charge is 0.593 e. The number of halogens is 2. The fraction of sp³-hybridized carbons (Fsp3) is 0.0476. The van der Waals surface area contributed by atoms with Crippen molar-refractivity contribution in [3.63, 3.8) is 0 Å². The normalized spacial score (nSPS) is 12.1. The van der Waals surface area contributed by atoms with Gasteiger partial charge >= 0.3 is 0 Å². The molecule has 0 aliphatic heterocycles. The second-order valence-corrected chi connectivity index (χ2v) is 7.58. The average molecular weight is 410 g/mol. The average Bonchev–Trinajstić information content (AvgIpc) is 2.71. The number of fused-ring (bicyclic) bond motifs is 1. The molecule has 1 heterocycles. The lowest BCUT2D eigenvalue weighted by Gasteiger charge is -2.14. The summed E-state index contributed by atoms with van der Waals surface area (Å²) in [6.45, 7) is 0. The monoisotopic (exact) mass is 410 g/mol. The SMILES string of the molecule is Nc1ncc2cc(-c3cc(F)c(N[S+]([O-])Cc4ccccc4)c(F)c3)ccc2n1. The van der Waals surface area contributed by atoms with Crippen LogP contribution in [0.2, 0.25) is 0 Å². The quantitative estimate of drug-likeness (QED) is 0.475. The highest BCUT2D eigenvalue weighted by Crippen LogP contribution is 2.30. The molecule has 0 amide bonds. The van der Waals surface area contributed by atoms with E-state index >= 15 is 0 Å². The number of anilines is 2. The molecule has 0 radical (unpaired) electrons. The first kappa shape index (κ1) is 19.1. The number of hydrogen-bond acceptors (Lipinski definition) is 5. The summed E-state index contributed by atoms with van der Waals surface area (Å²) in [5, 5.41) is 0.698. The number of benzene rings is 3. The Kier molecular flexibility index (Phi) is 5.28. The van der Waals surface area contributed by atoms with Gasteiger partial charge in [0.05, 0.1) is 16.9 Å². The number of rotatable bonds is 5. The molecule has 1 unspecified atom stereocenters. The van der Waals surface area contributed by atoms with Crippen molar-refractivity contribution in [3.8, 4) is 11.1 Å². The van der Waals surface area contributed by atoms with E-state index in [1.54, 1.807) is 36.5 Å². The summed E-state index contributed by atoms with van der Waals surface area (Å²) in [4.78, 5) is 8.03. The highest BCUT2D eigenvalue weighted by Gasteiger charge is 2.18. The van der Waals surface area contributed by atoms with Crippen LogP contribution < -0.4 is 10.5 Å². The molecule has 4 aromatic rings. The molecule has 1 aromatic heterocycles. The Hall–Kier alpha value is -3.23. The van der Waals surface area contributed by atoms with Gasteiger partial charge in [-0.2, -0.15) is 0 Å². The van der Waals surface area contributed by atoms with Crippen molar-refractivity contribution in [2.75, 3.05) is 10.5 Å². The van der Waals surface area contributed by atoms with Gasteiger partial charge in [0, 0.05) is 17.1 Å². The van der Waals surface area contributed by atoms with Crippen LogP contribution in [0.3, 0.4) is 0 Å². The standard InChI is InChI=1S/C21H16F2N4OS/c22-17-9-15(14-6-7-19-16(8-14)11-25-21(24)26-19)10-18(23)20(17)27-29(28)12-13-4-2-1-3-5-13/h1-11,27H,12H2,(H2,24,25,26). The summed E-state index contributed by atoms with van der Waals surface area (Å²) in [7, 11) is 0. The Bertz CT molecular complexity index is 1150. The van der Waals surface area contributed by atoms with Gasteiger partial charge in [-0.15, -0.1) is 0 Å². The zero-order chi connectivity index (χ0) is 20.4. The van der Waals surface area contributed by atoms with Crippen molar-refractivity contribution < 1.29 is 13.3 Å². The van der Waals surface area contributed by atoms with Gasteiger partial charge in [0.2, 0.25) is 5.95 Å². The smallest absolute Gasteiger partial charge is 0.220 e. The van der Waals surface area contributed by atoms with Gasteiger partial charge in [0.1, 0.15) is 0 Å². The van der Waals surface area contributed by atoms with Gasteiger partial charge in [-0.05, 0) is 35.4 Å². The molecule has 8 heteroatoms. The van der Waals surface area contributed by atoms with Gasteiger partial charge in [-0.1, -0.05) is 36.4 Å². The van der Waals surface area contributed by atoms with E-state index < -0.39 is 28.7 Å². The lowest BCUT2D eigenvalue weighted by atomic mass is 10.0. The van der Waals surface area contributed by atoms with E-state index in [0.29, 0.717) is 22.0 Å². The summed E-state index contributed by atoms with van der Waals surface area (Å²) < 4.78 is 43.9. The van der Waals surface area contributed by atoms with Crippen molar-refractivity contribution >= 4 is 33.9 Å². The minimum atomic E-state index is -1.67. The molecule has 1 atom stereocenters. The predicted molar refractivity (Wildman–Crippen MR) is 111 cm³/mol. The molecule has 0 fully saturated rings. The summed E-state index contributed by atoms with van der Waals surface area (Å²) in [6.07, 6.45) is 1.55. The highest BCUT2D eigenvalue weighted by molar-refractivity contribution is 7.91. The molecule has 0 aliphatic rings. The van der Waals surface area contributed by atoms with Crippen LogP contribution in [0, 0.1) is 11.6 Å². The molecule has 0 aliphatic carbocycles. The van der Waals surface area contributed by atoms with E-state index in [-0.39, 0.29) is 11.7 Å². The summed E-state index contributed by atoms with van der Waals surface area (Å²) in [6, 6.07) is 16.6. The predicted octanol–water partition coefficient (Wildman–Crippen LogP) is 4.43. The molecule has 3 N–H and O–H groups in total. The fourth-order valence-electron chi connectivity index (χ4n) is 2.94. The van der Waals surface area contributed by atoms with Gasteiger partial charge in [0.15, 0.2) is 23.1 Å². The van der Waals surface area contributed by atoms with Crippen molar-refractivity contribution in [1.82, 2.24) is 9.97 Å². The molecule has 5 nitrogen and oxygen atoms in total. The van der Waals surface area contributed by atoms with Crippen molar-refractivity contribution in [3.05, 3.63) is 84.1 Å². The summed E-state index contributed by atoms with van der Waals surface area (Å²) in [5.41, 5.74) is 7.53. The first-order chi connectivity index (χ1) is 14.0. The van der Waals surface area contributed by atoms with Crippen LogP contribution in [0.4, 0.5) is 20.4 Å². The lowest BCUT2D eigenvalue weighted by Crippen LogP contribution is -2.17.